The van der Waals surface area contributed by atoms with Crippen LogP contribution in [0.4, 0.5) is 0 Å². The van der Waals surface area contributed by atoms with Crippen LogP contribution in [0.15, 0.2) is 0 Å². The van der Waals surface area contributed by atoms with Gasteiger partial charge in [0, 0.05) is 12.6 Å². The van der Waals surface area contributed by atoms with Crippen molar-refractivity contribution in [2.24, 2.45) is 17.1 Å². The minimum Gasteiger partial charge on any atom is -0.329 e. The van der Waals surface area contributed by atoms with Gasteiger partial charge in [0.2, 0.25) is 0 Å². The lowest BCUT2D eigenvalue weighted by Crippen LogP contribution is -2.47. The Morgan fingerprint density at radius 1 is 1.47 bits per heavy atom. The number of piperidine rings is 1. The van der Waals surface area contributed by atoms with Crippen molar-refractivity contribution in [3.05, 3.63) is 0 Å². The molecular weight excluding hydrogens is 210 g/mol. The Morgan fingerprint density at radius 2 is 2.18 bits per heavy atom. The first-order valence-corrected chi connectivity index (χ1v) is 6.87. The second kappa shape index (κ2) is 6.37. The van der Waals surface area contributed by atoms with E-state index < -0.39 is 0 Å². The standard InChI is InChI=1S/C14H27N3/c1-4-12-5-7-17(13(9-12)10-15)8-6-14(2,3)11-16/h12-13H,4-10,15H2,1-3H3. The van der Waals surface area contributed by atoms with E-state index >= 15 is 0 Å². The van der Waals surface area contributed by atoms with Gasteiger partial charge in [-0.25, -0.2) is 0 Å². The zero-order valence-electron chi connectivity index (χ0n) is 11.6. The first kappa shape index (κ1) is 14.5. The molecular formula is C14H27N3. The molecule has 1 heterocycles. The molecule has 2 unspecified atom stereocenters. The van der Waals surface area contributed by atoms with Crippen LogP contribution >= 0.6 is 0 Å². The van der Waals surface area contributed by atoms with Crippen LogP contribution in [0, 0.1) is 22.7 Å². The highest BCUT2D eigenvalue weighted by atomic mass is 15.2. The Hall–Kier alpha value is -0.590. The monoisotopic (exact) mass is 237 g/mol. The van der Waals surface area contributed by atoms with Crippen molar-refractivity contribution in [2.45, 2.75) is 52.5 Å². The average molecular weight is 237 g/mol. The summed E-state index contributed by atoms with van der Waals surface area (Å²) >= 11 is 0. The van der Waals surface area contributed by atoms with Gasteiger partial charge < -0.3 is 5.73 Å². The third-order valence-electron chi connectivity index (χ3n) is 4.12. The summed E-state index contributed by atoms with van der Waals surface area (Å²) in [6.07, 6.45) is 4.74. The molecule has 2 atom stereocenters. The molecule has 0 aliphatic carbocycles. The number of hydrogen-bond donors (Lipinski definition) is 1. The largest absolute Gasteiger partial charge is 0.329 e. The molecule has 17 heavy (non-hydrogen) atoms. The summed E-state index contributed by atoms with van der Waals surface area (Å²) in [4.78, 5) is 2.49. The highest BCUT2D eigenvalue weighted by Gasteiger charge is 2.28. The molecule has 1 aliphatic rings. The summed E-state index contributed by atoms with van der Waals surface area (Å²) in [6, 6.07) is 2.91. The van der Waals surface area contributed by atoms with E-state index in [2.05, 4.69) is 17.9 Å². The van der Waals surface area contributed by atoms with Gasteiger partial charge in [0.1, 0.15) is 0 Å². The average Bonchev–Trinajstić information content (AvgIpc) is 2.36. The van der Waals surface area contributed by atoms with E-state index in [9.17, 15) is 0 Å². The molecule has 0 spiro atoms. The molecule has 1 aliphatic heterocycles. The van der Waals surface area contributed by atoms with Crippen LogP contribution in [0.1, 0.15) is 46.5 Å². The zero-order chi connectivity index (χ0) is 12.9. The lowest BCUT2D eigenvalue weighted by atomic mass is 9.87. The molecule has 1 saturated heterocycles. The van der Waals surface area contributed by atoms with Crippen molar-refractivity contribution in [1.82, 2.24) is 4.90 Å². The topological polar surface area (TPSA) is 53.0 Å². The molecule has 0 radical (unpaired) electrons. The minimum atomic E-state index is -0.208. The first-order chi connectivity index (χ1) is 8.02. The smallest absolute Gasteiger partial charge is 0.0684 e. The van der Waals surface area contributed by atoms with Crippen LogP contribution in [0.5, 0.6) is 0 Å². The van der Waals surface area contributed by atoms with Gasteiger partial charge in [-0.1, -0.05) is 13.3 Å². The lowest BCUT2D eigenvalue weighted by molar-refractivity contribution is 0.105. The maximum Gasteiger partial charge on any atom is 0.0684 e. The van der Waals surface area contributed by atoms with E-state index in [1.54, 1.807) is 0 Å². The van der Waals surface area contributed by atoms with Crippen molar-refractivity contribution < 1.29 is 0 Å². The Bertz CT molecular complexity index is 267. The van der Waals surface area contributed by atoms with Gasteiger partial charge in [-0.3, -0.25) is 4.90 Å². The van der Waals surface area contributed by atoms with E-state index in [-0.39, 0.29) is 5.41 Å². The molecule has 0 saturated carbocycles. The first-order valence-electron chi connectivity index (χ1n) is 6.87. The molecule has 0 amide bonds. The van der Waals surface area contributed by atoms with E-state index in [0.717, 1.165) is 32.0 Å². The fraction of sp³-hybridized carbons (Fsp3) is 0.929. The number of nitriles is 1. The van der Waals surface area contributed by atoms with Gasteiger partial charge >= 0.3 is 0 Å². The highest BCUT2D eigenvalue weighted by Crippen LogP contribution is 2.27. The van der Waals surface area contributed by atoms with Gasteiger partial charge in [-0.15, -0.1) is 0 Å². The molecule has 1 fully saturated rings. The Labute approximate surface area is 106 Å². The van der Waals surface area contributed by atoms with Crippen LogP contribution in [0.25, 0.3) is 0 Å². The predicted octanol–water partition coefficient (Wildman–Crippen LogP) is 2.38. The summed E-state index contributed by atoms with van der Waals surface area (Å²) in [7, 11) is 0. The molecule has 0 aromatic rings. The SMILES string of the molecule is CCC1CCN(CCC(C)(C)C#N)C(CN)C1. The molecule has 3 heteroatoms. The van der Waals surface area contributed by atoms with Crippen LogP contribution in [0.3, 0.4) is 0 Å². The molecule has 98 valence electrons. The molecule has 0 aromatic heterocycles. The minimum absolute atomic E-state index is 0.208. The maximum absolute atomic E-state index is 9.03. The van der Waals surface area contributed by atoms with Crippen molar-refractivity contribution >= 4 is 0 Å². The molecule has 0 bridgehead atoms. The number of likely N-dealkylation sites (tertiary alicyclic amines) is 1. The van der Waals surface area contributed by atoms with E-state index in [1.807, 2.05) is 13.8 Å². The van der Waals surface area contributed by atoms with Crippen molar-refractivity contribution in [2.75, 3.05) is 19.6 Å². The van der Waals surface area contributed by atoms with Crippen LogP contribution in [-0.2, 0) is 0 Å². The molecule has 3 nitrogen and oxygen atoms in total. The van der Waals surface area contributed by atoms with E-state index in [1.165, 1.54) is 19.3 Å². The highest BCUT2D eigenvalue weighted by molar-refractivity contribution is 4.93. The quantitative estimate of drug-likeness (QED) is 0.798. The van der Waals surface area contributed by atoms with Gasteiger partial charge in [-0.05, 0) is 52.1 Å². The Balaban J connectivity index is 2.46. The fourth-order valence-electron chi connectivity index (χ4n) is 2.57. The van der Waals surface area contributed by atoms with Crippen LogP contribution < -0.4 is 5.73 Å². The molecule has 2 N–H and O–H groups in total. The van der Waals surface area contributed by atoms with E-state index in [0.29, 0.717) is 6.04 Å². The summed E-state index contributed by atoms with van der Waals surface area (Å²) in [5.41, 5.74) is 5.67. The van der Waals surface area contributed by atoms with E-state index in [4.69, 9.17) is 11.0 Å². The molecule has 1 rings (SSSR count). The van der Waals surface area contributed by atoms with Crippen LogP contribution in [-0.4, -0.2) is 30.6 Å². The second-order valence-electron chi connectivity index (χ2n) is 5.97. The lowest BCUT2D eigenvalue weighted by Gasteiger charge is -2.39. The molecule has 0 aromatic carbocycles. The predicted molar refractivity (Wildman–Crippen MR) is 71.4 cm³/mol. The normalized spacial score (nSPS) is 26.8. The fourth-order valence-corrected chi connectivity index (χ4v) is 2.57. The van der Waals surface area contributed by atoms with Gasteiger partial charge in [0.25, 0.3) is 0 Å². The van der Waals surface area contributed by atoms with Crippen molar-refractivity contribution in [3.63, 3.8) is 0 Å². The summed E-state index contributed by atoms with van der Waals surface area (Å²) in [6.45, 7) is 9.23. The number of nitrogens with two attached hydrogens (primary N) is 1. The van der Waals surface area contributed by atoms with Gasteiger partial charge in [0.05, 0.1) is 11.5 Å². The maximum atomic E-state index is 9.03. The van der Waals surface area contributed by atoms with Crippen LogP contribution in [0.2, 0.25) is 0 Å². The summed E-state index contributed by atoms with van der Waals surface area (Å²) in [5, 5.41) is 9.03. The summed E-state index contributed by atoms with van der Waals surface area (Å²) in [5.74, 6) is 0.851. The number of rotatable bonds is 5. The van der Waals surface area contributed by atoms with Crippen molar-refractivity contribution in [3.8, 4) is 6.07 Å². The summed E-state index contributed by atoms with van der Waals surface area (Å²) < 4.78 is 0. The van der Waals surface area contributed by atoms with Gasteiger partial charge in [0.15, 0.2) is 0 Å². The van der Waals surface area contributed by atoms with Gasteiger partial charge in [-0.2, -0.15) is 5.26 Å². The third kappa shape index (κ3) is 4.29. The number of hydrogen-bond acceptors (Lipinski definition) is 3. The Kier molecular flexibility index (Phi) is 5.42. The van der Waals surface area contributed by atoms with Crippen molar-refractivity contribution in [1.29, 1.82) is 5.26 Å². The zero-order valence-corrected chi connectivity index (χ0v) is 11.6. The third-order valence-corrected chi connectivity index (χ3v) is 4.12. The second-order valence-corrected chi connectivity index (χ2v) is 5.97. The Morgan fingerprint density at radius 3 is 2.71 bits per heavy atom. The number of nitrogens with zero attached hydrogens (tertiary/aromatic N) is 2.